The van der Waals surface area contributed by atoms with Crippen LogP contribution in [-0.4, -0.2) is 88.5 Å². The Morgan fingerprint density at radius 3 is 2.65 bits per heavy atom. The van der Waals surface area contributed by atoms with Crippen molar-refractivity contribution in [3.8, 4) is 11.3 Å². The molecule has 9 nitrogen and oxygen atoms in total. The molecule has 10 heteroatoms. The average Bonchev–Trinajstić information content (AvgIpc) is 2.91. The van der Waals surface area contributed by atoms with Crippen LogP contribution < -0.4 is 10.2 Å². The Hall–Kier alpha value is -3.11. The summed E-state index contributed by atoms with van der Waals surface area (Å²) in [7, 11) is 0. The summed E-state index contributed by atoms with van der Waals surface area (Å²) in [6.45, 7) is 11.0. The molecule has 4 heterocycles. The topological polar surface area (TPSA) is 92.7 Å². The maximum atomic E-state index is 12.6. The van der Waals surface area contributed by atoms with Crippen molar-refractivity contribution in [1.82, 2.24) is 19.9 Å². The standard InChI is InChI=1S/C27H34N6O3S/c1-27(2,3)36-26(34)33-12-15-37-21(18-33)17-30-25-24-23(28-8-9-29-24)16-22(31-25)19-4-6-20(7-5-19)32-10-13-35-14-11-32/h4-9,16,21H,10-15,17-18H2,1-3H3,(H,30,31). The lowest BCUT2D eigenvalue weighted by molar-refractivity contribution is 0.0258. The highest BCUT2D eigenvalue weighted by atomic mass is 32.2. The molecule has 2 fully saturated rings. The van der Waals surface area contributed by atoms with Crippen molar-refractivity contribution in [2.24, 2.45) is 0 Å². The van der Waals surface area contributed by atoms with Crippen LogP contribution >= 0.6 is 11.8 Å². The van der Waals surface area contributed by atoms with E-state index in [4.69, 9.17) is 14.5 Å². The Kier molecular flexibility index (Phi) is 7.66. The summed E-state index contributed by atoms with van der Waals surface area (Å²) >= 11 is 1.85. The Balaban J connectivity index is 1.31. The van der Waals surface area contributed by atoms with Gasteiger partial charge in [0.2, 0.25) is 0 Å². The van der Waals surface area contributed by atoms with Gasteiger partial charge in [-0.05, 0) is 39.0 Å². The van der Waals surface area contributed by atoms with E-state index >= 15 is 0 Å². The third-order valence-corrected chi connectivity index (χ3v) is 7.49. The molecule has 2 saturated heterocycles. The molecule has 2 aromatic heterocycles. The van der Waals surface area contributed by atoms with Crippen LogP contribution in [0.5, 0.6) is 0 Å². The summed E-state index contributed by atoms with van der Waals surface area (Å²) in [6.07, 6.45) is 3.13. The Morgan fingerprint density at radius 1 is 1.14 bits per heavy atom. The van der Waals surface area contributed by atoms with E-state index in [1.54, 1.807) is 17.3 Å². The maximum Gasteiger partial charge on any atom is 0.410 e. The van der Waals surface area contributed by atoms with Gasteiger partial charge in [0.1, 0.15) is 11.1 Å². The van der Waals surface area contributed by atoms with Crippen molar-refractivity contribution in [3.63, 3.8) is 0 Å². The van der Waals surface area contributed by atoms with Gasteiger partial charge in [0, 0.05) is 67.4 Å². The molecule has 1 amide bonds. The molecular formula is C27H34N6O3S. The van der Waals surface area contributed by atoms with E-state index < -0.39 is 5.60 Å². The minimum Gasteiger partial charge on any atom is -0.444 e. The van der Waals surface area contributed by atoms with Gasteiger partial charge >= 0.3 is 6.09 Å². The molecule has 5 rings (SSSR count). The van der Waals surface area contributed by atoms with Crippen LogP contribution in [0.3, 0.4) is 0 Å². The second-order valence-electron chi connectivity index (χ2n) is 10.2. The van der Waals surface area contributed by atoms with Crippen molar-refractivity contribution in [1.29, 1.82) is 0 Å². The fourth-order valence-corrected chi connectivity index (χ4v) is 5.60. The molecule has 2 aliphatic heterocycles. The number of hydrogen-bond acceptors (Lipinski definition) is 9. The molecule has 1 N–H and O–H groups in total. The molecule has 3 aromatic rings. The van der Waals surface area contributed by atoms with E-state index in [2.05, 4.69) is 44.5 Å². The first-order valence-electron chi connectivity index (χ1n) is 12.7. The van der Waals surface area contributed by atoms with Crippen molar-refractivity contribution in [3.05, 3.63) is 42.7 Å². The third-order valence-electron chi connectivity index (χ3n) is 6.28. The number of nitrogens with zero attached hydrogens (tertiary/aromatic N) is 5. The van der Waals surface area contributed by atoms with Crippen molar-refractivity contribution < 1.29 is 14.3 Å². The van der Waals surface area contributed by atoms with Gasteiger partial charge in [0.05, 0.1) is 24.4 Å². The van der Waals surface area contributed by atoms with Gasteiger partial charge in [0.15, 0.2) is 5.82 Å². The number of benzene rings is 1. The van der Waals surface area contributed by atoms with Crippen LogP contribution in [0.25, 0.3) is 22.3 Å². The number of anilines is 2. The zero-order valence-electron chi connectivity index (χ0n) is 21.6. The van der Waals surface area contributed by atoms with Crippen molar-refractivity contribution in [2.75, 3.05) is 61.9 Å². The molecule has 0 radical (unpaired) electrons. The number of aromatic nitrogens is 3. The number of hydrogen-bond donors (Lipinski definition) is 1. The highest BCUT2D eigenvalue weighted by Gasteiger charge is 2.28. The number of morpholine rings is 1. The second-order valence-corrected chi connectivity index (χ2v) is 11.6. The lowest BCUT2D eigenvalue weighted by atomic mass is 10.1. The second kappa shape index (κ2) is 11.1. The number of nitrogens with one attached hydrogen (secondary N) is 1. The van der Waals surface area contributed by atoms with Crippen LogP contribution in [0.1, 0.15) is 20.8 Å². The van der Waals surface area contributed by atoms with Gasteiger partial charge in [0.25, 0.3) is 0 Å². The van der Waals surface area contributed by atoms with Gasteiger partial charge in [-0.3, -0.25) is 4.98 Å². The summed E-state index contributed by atoms with van der Waals surface area (Å²) < 4.78 is 11.0. The molecule has 1 unspecified atom stereocenters. The number of amides is 1. The largest absolute Gasteiger partial charge is 0.444 e. The fraction of sp³-hybridized carbons (Fsp3) is 0.481. The highest BCUT2D eigenvalue weighted by Crippen LogP contribution is 2.28. The molecule has 196 valence electrons. The SMILES string of the molecule is CC(C)(C)OC(=O)N1CCSC(CNc2nc(-c3ccc(N4CCOCC4)cc3)cc3nccnc23)C1. The molecular weight excluding hydrogens is 488 g/mol. The van der Waals surface area contributed by atoms with Crippen LogP contribution in [0.15, 0.2) is 42.7 Å². The Morgan fingerprint density at radius 2 is 1.89 bits per heavy atom. The molecule has 0 aliphatic carbocycles. The molecule has 37 heavy (non-hydrogen) atoms. The average molecular weight is 523 g/mol. The number of rotatable bonds is 5. The predicted molar refractivity (Wildman–Crippen MR) is 148 cm³/mol. The zero-order chi connectivity index (χ0) is 25.8. The zero-order valence-corrected chi connectivity index (χ0v) is 22.5. The van der Waals surface area contributed by atoms with Crippen molar-refractivity contribution in [2.45, 2.75) is 31.6 Å². The minimum atomic E-state index is -0.502. The van der Waals surface area contributed by atoms with Crippen LogP contribution in [0, 0.1) is 0 Å². The monoisotopic (exact) mass is 522 g/mol. The first-order chi connectivity index (χ1) is 17.9. The molecule has 1 aromatic carbocycles. The summed E-state index contributed by atoms with van der Waals surface area (Å²) in [5, 5.41) is 3.72. The molecule has 0 saturated carbocycles. The first-order valence-corrected chi connectivity index (χ1v) is 13.8. The van der Waals surface area contributed by atoms with Gasteiger partial charge in [-0.25, -0.2) is 14.8 Å². The summed E-state index contributed by atoms with van der Waals surface area (Å²) in [5.74, 6) is 1.57. The fourth-order valence-electron chi connectivity index (χ4n) is 4.45. The van der Waals surface area contributed by atoms with Gasteiger partial charge in [-0.1, -0.05) is 12.1 Å². The maximum absolute atomic E-state index is 12.6. The van der Waals surface area contributed by atoms with Crippen LogP contribution in [-0.2, 0) is 9.47 Å². The number of carbonyl (C=O) groups is 1. The lowest BCUT2D eigenvalue weighted by Gasteiger charge is -2.34. The van der Waals surface area contributed by atoms with Crippen LogP contribution in [0.4, 0.5) is 16.3 Å². The molecule has 1 atom stereocenters. The Labute approximate surface area is 222 Å². The number of pyridine rings is 1. The number of fused-ring (bicyclic) bond motifs is 1. The Bertz CT molecular complexity index is 1230. The molecule has 0 spiro atoms. The summed E-state index contributed by atoms with van der Waals surface area (Å²) in [5.41, 5.74) is 4.08. The van der Waals surface area contributed by atoms with Gasteiger partial charge in [-0.15, -0.1) is 0 Å². The summed E-state index contributed by atoms with van der Waals surface area (Å²) in [4.78, 5) is 30.7. The third kappa shape index (κ3) is 6.42. The van der Waals surface area contributed by atoms with E-state index in [1.165, 1.54) is 5.69 Å². The predicted octanol–water partition coefficient (Wildman–Crippen LogP) is 4.29. The quantitative estimate of drug-likeness (QED) is 0.527. The van der Waals surface area contributed by atoms with Gasteiger partial charge in [-0.2, -0.15) is 11.8 Å². The highest BCUT2D eigenvalue weighted by molar-refractivity contribution is 8.00. The number of ether oxygens (including phenoxy) is 2. The lowest BCUT2D eigenvalue weighted by Crippen LogP contribution is -2.46. The minimum absolute atomic E-state index is 0.214. The number of thioether (sulfide) groups is 1. The smallest absolute Gasteiger partial charge is 0.410 e. The first kappa shape index (κ1) is 25.5. The molecule has 0 bridgehead atoms. The number of carbonyl (C=O) groups excluding carboxylic acids is 1. The van der Waals surface area contributed by atoms with Gasteiger partial charge < -0.3 is 24.6 Å². The van der Waals surface area contributed by atoms with E-state index in [0.717, 1.165) is 54.3 Å². The summed E-state index contributed by atoms with van der Waals surface area (Å²) in [6, 6.07) is 10.5. The van der Waals surface area contributed by atoms with E-state index in [0.29, 0.717) is 25.5 Å². The van der Waals surface area contributed by atoms with E-state index in [9.17, 15) is 4.79 Å². The normalized spacial score (nSPS) is 18.6. The van der Waals surface area contributed by atoms with Crippen molar-refractivity contribution >= 4 is 40.4 Å². The van der Waals surface area contributed by atoms with E-state index in [1.807, 2.05) is 38.6 Å². The van der Waals surface area contributed by atoms with E-state index in [-0.39, 0.29) is 11.3 Å². The van der Waals surface area contributed by atoms with Crippen LogP contribution in [0.2, 0.25) is 0 Å². The molecule has 2 aliphatic rings.